The molecular formula is C17H34N2O. The molecule has 2 atom stereocenters. The second kappa shape index (κ2) is 7.24. The van der Waals surface area contributed by atoms with Gasteiger partial charge in [-0.25, -0.2) is 0 Å². The number of nitrogens with two attached hydrogens (primary N) is 1. The Hall–Kier alpha value is -0.120. The maximum absolute atomic E-state index is 6.26. The maximum Gasteiger partial charge on any atom is 0.0595 e. The first kappa shape index (κ1) is 16.3. The van der Waals surface area contributed by atoms with E-state index in [2.05, 4.69) is 18.7 Å². The van der Waals surface area contributed by atoms with Gasteiger partial charge in [-0.2, -0.15) is 0 Å². The minimum absolute atomic E-state index is 0.288. The summed E-state index contributed by atoms with van der Waals surface area (Å²) in [6.45, 7) is 7.87. The van der Waals surface area contributed by atoms with Gasteiger partial charge in [0.2, 0.25) is 0 Å². The highest BCUT2D eigenvalue weighted by Crippen LogP contribution is 2.40. The number of methoxy groups -OCH3 is 1. The van der Waals surface area contributed by atoms with Crippen LogP contribution in [0.15, 0.2) is 0 Å². The van der Waals surface area contributed by atoms with Gasteiger partial charge in [-0.3, -0.25) is 4.90 Å². The van der Waals surface area contributed by atoms with Crippen LogP contribution in [0.25, 0.3) is 0 Å². The first-order valence-corrected chi connectivity index (χ1v) is 8.57. The number of nitrogens with zero attached hydrogens (tertiary/aromatic N) is 1. The van der Waals surface area contributed by atoms with Crippen LogP contribution in [0.5, 0.6) is 0 Å². The lowest BCUT2D eigenvalue weighted by molar-refractivity contribution is -0.0262. The quantitative estimate of drug-likeness (QED) is 0.842. The Morgan fingerprint density at radius 2 is 1.95 bits per heavy atom. The van der Waals surface area contributed by atoms with Gasteiger partial charge in [0.15, 0.2) is 0 Å². The molecule has 1 heterocycles. The third-order valence-corrected chi connectivity index (χ3v) is 5.55. The molecule has 1 aliphatic carbocycles. The summed E-state index contributed by atoms with van der Waals surface area (Å²) in [5, 5.41) is 0. The fraction of sp³-hybridized carbons (Fsp3) is 1.00. The van der Waals surface area contributed by atoms with E-state index in [1.165, 1.54) is 58.0 Å². The van der Waals surface area contributed by atoms with Crippen LogP contribution in [0, 0.1) is 11.8 Å². The van der Waals surface area contributed by atoms with Crippen molar-refractivity contribution in [2.45, 2.75) is 70.4 Å². The number of ether oxygens (including phenoxy) is 1. The van der Waals surface area contributed by atoms with Crippen molar-refractivity contribution in [2.24, 2.45) is 17.6 Å². The molecule has 0 aromatic carbocycles. The van der Waals surface area contributed by atoms with Crippen LogP contribution in [-0.4, -0.2) is 43.3 Å². The highest BCUT2D eigenvalue weighted by atomic mass is 16.5. The molecule has 0 aromatic rings. The number of hydrogen-bond donors (Lipinski definition) is 1. The molecule has 20 heavy (non-hydrogen) atoms. The van der Waals surface area contributed by atoms with Gasteiger partial charge >= 0.3 is 0 Å². The summed E-state index contributed by atoms with van der Waals surface area (Å²) in [5.41, 5.74) is 6.54. The molecule has 2 unspecified atom stereocenters. The Bertz CT molecular complexity index is 287. The lowest BCUT2D eigenvalue weighted by atomic mass is 9.71. The van der Waals surface area contributed by atoms with Gasteiger partial charge in [0, 0.05) is 32.3 Å². The topological polar surface area (TPSA) is 38.5 Å². The number of piperidine rings is 1. The fourth-order valence-electron chi connectivity index (χ4n) is 4.50. The van der Waals surface area contributed by atoms with E-state index in [4.69, 9.17) is 10.5 Å². The molecule has 0 spiro atoms. The molecule has 3 nitrogen and oxygen atoms in total. The van der Waals surface area contributed by atoms with Crippen LogP contribution in [0.1, 0.15) is 58.8 Å². The molecule has 1 aliphatic heterocycles. The third kappa shape index (κ3) is 3.75. The van der Waals surface area contributed by atoms with E-state index in [9.17, 15) is 0 Å². The Morgan fingerprint density at radius 1 is 1.25 bits per heavy atom. The van der Waals surface area contributed by atoms with E-state index < -0.39 is 0 Å². The minimum Gasteiger partial charge on any atom is -0.381 e. The lowest BCUT2D eigenvalue weighted by Gasteiger charge is -2.50. The summed E-state index contributed by atoms with van der Waals surface area (Å²) in [5.74, 6) is 1.69. The zero-order valence-electron chi connectivity index (χ0n) is 13.7. The molecule has 1 saturated carbocycles. The SMILES string of the molecule is COC1CCN(C2(CN)CCCC(CC(C)C)C2)CC1. The summed E-state index contributed by atoms with van der Waals surface area (Å²) in [6.07, 6.45) is 9.58. The standard InChI is InChI=1S/C17H34N2O/c1-14(2)11-15-5-4-8-17(12-15,13-18)19-9-6-16(20-3)7-10-19/h14-16H,4-13,18H2,1-3H3. The second-order valence-corrected chi connectivity index (χ2v) is 7.44. The molecule has 0 bridgehead atoms. The van der Waals surface area contributed by atoms with Crippen molar-refractivity contribution in [2.75, 3.05) is 26.7 Å². The average Bonchev–Trinajstić information content (AvgIpc) is 2.47. The summed E-state index contributed by atoms with van der Waals surface area (Å²) in [6, 6.07) is 0. The molecule has 3 heteroatoms. The summed E-state index contributed by atoms with van der Waals surface area (Å²) in [7, 11) is 1.85. The van der Waals surface area contributed by atoms with Gasteiger partial charge < -0.3 is 10.5 Å². The van der Waals surface area contributed by atoms with Crippen molar-refractivity contribution in [3.8, 4) is 0 Å². The third-order valence-electron chi connectivity index (χ3n) is 5.55. The highest BCUT2D eigenvalue weighted by molar-refractivity contribution is 4.98. The normalized spacial score (nSPS) is 33.8. The van der Waals surface area contributed by atoms with Gasteiger partial charge in [0.25, 0.3) is 0 Å². The van der Waals surface area contributed by atoms with Crippen molar-refractivity contribution < 1.29 is 4.74 Å². The molecule has 2 N–H and O–H groups in total. The predicted molar refractivity (Wildman–Crippen MR) is 84.8 cm³/mol. The van der Waals surface area contributed by atoms with E-state index in [0.717, 1.165) is 18.4 Å². The van der Waals surface area contributed by atoms with Gasteiger partial charge in [-0.05, 0) is 43.9 Å². The Labute approximate surface area is 125 Å². The monoisotopic (exact) mass is 282 g/mol. The summed E-state index contributed by atoms with van der Waals surface area (Å²) in [4.78, 5) is 2.70. The molecule has 0 amide bonds. The molecule has 2 aliphatic rings. The van der Waals surface area contributed by atoms with Gasteiger partial charge in [0.05, 0.1) is 6.10 Å². The number of likely N-dealkylation sites (tertiary alicyclic amines) is 1. The molecule has 0 radical (unpaired) electrons. The minimum atomic E-state index is 0.288. The molecule has 1 saturated heterocycles. The number of hydrogen-bond acceptors (Lipinski definition) is 3. The van der Waals surface area contributed by atoms with Gasteiger partial charge in [-0.1, -0.05) is 26.7 Å². The van der Waals surface area contributed by atoms with E-state index in [1.54, 1.807) is 0 Å². The van der Waals surface area contributed by atoms with Crippen LogP contribution in [-0.2, 0) is 4.74 Å². The fourth-order valence-corrected chi connectivity index (χ4v) is 4.50. The Balaban J connectivity index is 1.97. The second-order valence-electron chi connectivity index (χ2n) is 7.44. The highest BCUT2D eigenvalue weighted by Gasteiger charge is 2.41. The zero-order valence-corrected chi connectivity index (χ0v) is 13.7. The van der Waals surface area contributed by atoms with Crippen molar-refractivity contribution >= 4 is 0 Å². The molecular weight excluding hydrogens is 248 g/mol. The summed E-state index contributed by atoms with van der Waals surface area (Å²) >= 11 is 0. The van der Waals surface area contributed by atoms with Crippen LogP contribution >= 0.6 is 0 Å². The smallest absolute Gasteiger partial charge is 0.0595 e. The van der Waals surface area contributed by atoms with E-state index in [-0.39, 0.29) is 5.54 Å². The van der Waals surface area contributed by atoms with E-state index >= 15 is 0 Å². The van der Waals surface area contributed by atoms with E-state index in [0.29, 0.717) is 6.10 Å². The van der Waals surface area contributed by atoms with Crippen LogP contribution in [0.2, 0.25) is 0 Å². The lowest BCUT2D eigenvalue weighted by Crippen LogP contribution is -2.59. The molecule has 0 aromatic heterocycles. The van der Waals surface area contributed by atoms with Crippen LogP contribution in [0.4, 0.5) is 0 Å². The Morgan fingerprint density at radius 3 is 2.50 bits per heavy atom. The van der Waals surface area contributed by atoms with Gasteiger partial charge in [0.1, 0.15) is 0 Å². The molecule has 2 fully saturated rings. The number of rotatable bonds is 5. The predicted octanol–water partition coefficient (Wildman–Crippen LogP) is 3.03. The summed E-state index contributed by atoms with van der Waals surface area (Å²) < 4.78 is 5.51. The molecule has 2 rings (SSSR count). The first-order valence-electron chi connectivity index (χ1n) is 8.57. The largest absolute Gasteiger partial charge is 0.381 e. The maximum atomic E-state index is 6.26. The van der Waals surface area contributed by atoms with Gasteiger partial charge in [-0.15, -0.1) is 0 Å². The zero-order chi connectivity index (χ0) is 14.6. The van der Waals surface area contributed by atoms with Crippen molar-refractivity contribution in [1.29, 1.82) is 0 Å². The van der Waals surface area contributed by atoms with Crippen molar-refractivity contribution in [3.63, 3.8) is 0 Å². The first-order chi connectivity index (χ1) is 9.59. The van der Waals surface area contributed by atoms with Crippen LogP contribution in [0.3, 0.4) is 0 Å². The van der Waals surface area contributed by atoms with Crippen molar-refractivity contribution in [1.82, 2.24) is 4.90 Å². The van der Waals surface area contributed by atoms with E-state index in [1.807, 2.05) is 7.11 Å². The average molecular weight is 282 g/mol. The Kier molecular flexibility index (Phi) is 5.88. The van der Waals surface area contributed by atoms with Crippen LogP contribution < -0.4 is 5.73 Å². The van der Waals surface area contributed by atoms with Crippen molar-refractivity contribution in [3.05, 3.63) is 0 Å². The molecule has 118 valence electrons.